The van der Waals surface area contributed by atoms with Gasteiger partial charge in [-0.05, 0) is 30.2 Å². The minimum Gasteiger partial charge on any atom is -0.271 e. The molecule has 0 aliphatic rings. The second kappa shape index (κ2) is 6.50. The molecular formula is C13H20F2N2S. The number of nitrogens with one attached hydrogen (secondary N) is 1. The summed E-state index contributed by atoms with van der Waals surface area (Å²) in [6.07, 6.45) is 0.378. The molecule has 0 radical (unpaired) electrons. The molecule has 0 fully saturated rings. The lowest BCUT2D eigenvalue weighted by molar-refractivity contribution is 0.537. The van der Waals surface area contributed by atoms with Gasteiger partial charge in [0.1, 0.15) is 11.6 Å². The van der Waals surface area contributed by atoms with Gasteiger partial charge in [-0.15, -0.1) is 0 Å². The molecule has 0 amide bonds. The summed E-state index contributed by atoms with van der Waals surface area (Å²) in [5, 5.41) is 0. The van der Waals surface area contributed by atoms with Gasteiger partial charge in [-0.1, -0.05) is 20.8 Å². The number of hydrazine groups is 1. The van der Waals surface area contributed by atoms with E-state index in [0.29, 0.717) is 12.0 Å². The van der Waals surface area contributed by atoms with Crippen molar-refractivity contribution in [3.05, 3.63) is 35.4 Å². The van der Waals surface area contributed by atoms with Crippen molar-refractivity contribution in [2.45, 2.75) is 38.0 Å². The van der Waals surface area contributed by atoms with Crippen molar-refractivity contribution >= 4 is 11.8 Å². The molecule has 2 nitrogen and oxygen atoms in total. The zero-order valence-corrected chi connectivity index (χ0v) is 11.8. The van der Waals surface area contributed by atoms with Gasteiger partial charge < -0.3 is 0 Å². The SMILES string of the molecule is CC(C)(C)SCC(Cc1cc(F)ccc1F)NN. The second-order valence-corrected chi connectivity index (χ2v) is 7.07. The molecule has 0 heterocycles. The van der Waals surface area contributed by atoms with Crippen LogP contribution in [-0.4, -0.2) is 16.5 Å². The number of rotatable bonds is 5. The first-order valence-corrected chi connectivity index (χ1v) is 6.84. The molecule has 0 bridgehead atoms. The lowest BCUT2D eigenvalue weighted by atomic mass is 10.1. The minimum atomic E-state index is -0.425. The van der Waals surface area contributed by atoms with E-state index in [1.807, 2.05) is 0 Å². The van der Waals surface area contributed by atoms with Crippen molar-refractivity contribution in [3.8, 4) is 0 Å². The van der Waals surface area contributed by atoms with Crippen LogP contribution in [0.3, 0.4) is 0 Å². The lowest BCUT2D eigenvalue weighted by Gasteiger charge is -2.22. The van der Waals surface area contributed by atoms with Crippen LogP contribution in [0.15, 0.2) is 18.2 Å². The average molecular weight is 274 g/mol. The van der Waals surface area contributed by atoms with Crippen LogP contribution in [0.1, 0.15) is 26.3 Å². The van der Waals surface area contributed by atoms with Crippen molar-refractivity contribution in [1.29, 1.82) is 0 Å². The molecule has 18 heavy (non-hydrogen) atoms. The van der Waals surface area contributed by atoms with E-state index >= 15 is 0 Å². The molecule has 1 atom stereocenters. The molecule has 0 spiro atoms. The number of benzene rings is 1. The highest BCUT2D eigenvalue weighted by Gasteiger charge is 2.17. The molecule has 1 unspecified atom stereocenters. The lowest BCUT2D eigenvalue weighted by Crippen LogP contribution is -2.39. The Balaban J connectivity index is 2.65. The molecule has 3 N–H and O–H groups in total. The van der Waals surface area contributed by atoms with Gasteiger partial charge in [0.25, 0.3) is 0 Å². The predicted octanol–water partition coefficient (Wildman–Crippen LogP) is 2.87. The highest BCUT2D eigenvalue weighted by atomic mass is 32.2. The van der Waals surface area contributed by atoms with Gasteiger partial charge in [0, 0.05) is 16.5 Å². The van der Waals surface area contributed by atoms with Crippen LogP contribution in [0, 0.1) is 11.6 Å². The van der Waals surface area contributed by atoms with Crippen LogP contribution in [0.5, 0.6) is 0 Å². The van der Waals surface area contributed by atoms with Gasteiger partial charge in [-0.25, -0.2) is 8.78 Å². The molecule has 0 aliphatic carbocycles. The van der Waals surface area contributed by atoms with Crippen molar-refractivity contribution in [2.24, 2.45) is 5.84 Å². The zero-order valence-electron chi connectivity index (χ0n) is 11.0. The molecular weight excluding hydrogens is 254 g/mol. The third kappa shape index (κ3) is 5.33. The number of hydrogen-bond donors (Lipinski definition) is 2. The molecule has 0 aromatic heterocycles. The fourth-order valence-corrected chi connectivity index (χ4v) is 2.40. The summed E-state index contributed by atoms with van der Waals surface area (Å²) >= 11 is 1.74. The maximum atomic E-state index is 13.5. The molecule has 102 valence electrons. The van der Waals surface area contributed by atoms with E-state index in [1.165, 1.54) is 6.07 Å². The Kier molecular flexibility index (Phi) is 5.56. The largest absolute Gasteiger partial charge is 0.271 e. The van der Waals surface area contributed by atoms with Crippen molar-refractivity contribution in [2.75, 3.05) is 5.75 Å². The van der Waals surface area contributed by atoms with Crippen LogP contribution >= 0.6 is 11.8 Å². The van der Waals surface area contributed by atoms with E-state index in [0.717, 1.165) is 17.9 Å². The van der Waals surface area contributed by atoms with Gasteiger partial charge in [0.2, 0.25) is 0 Å². The average Bonchev–Trinajstić information content (AvgIpc) is 2.27. The topological polar surface area (TPSA) is 38.0 Å². The fourth-order valence-electron chi connectivity index (χ4n) is 1.48. The number of hydrogen-bond acceptors (Lipinski definition) is 3. The summed E-state index contributed by atoms with van der Waals surface area (Å²) in [5.41, 5.74) is 3.01. The third-order valence-electron chi connectivity index (χ3n) is 2.43. The maximum absolute atomic E-state index is 13.5. The summed E-state index contributed by atoms with van der Waals surface area (Å²) < 4.78 is 26.7. The van der Waals surface area contributed by atoms with E-state index in [4.69, 9.17) is 5.84 Å². The third-order valence-corrected chi connectivity index (χ3v) is 3.86. The first-order valence-electron chi connectivity index (χ1n) is 5.86. The minimum absolute atomic E-state index is 0.0782. The Morgan fingerprint density at radius 3 is 2.56 bits per heavy atom. The van der Waals surface area contributed by atoms with Gasteiger partial charge in [0.15, 0.2) is 0 Å². The number of halogens is 2. The van der Waals surface area contributed by atoms with E-state index in [2.05, 4.69) is 26.2 Å². The maximum Gasteiger partial charge on any atom is 0.126 e. The fraction of sp³-hybridized carbons (Fsp3) is 0.538. The second-order valence-electron chi connectivity index (χ2n) is 5.23. The highest BCUT2D eigenvalue weighted by molar-refractivity contribution is 8.00. The Bertz CT molecular complexity index is 391. The van der Waals surface area contributed by atoms with E-state index in [1.54, 1.807) is 11.8 Å². The summed E-state index contributed by atoms with van der Waals surface area (Å²) in [7, 11) is 0. The molecule has 1 rings (SSSR count). The Labute approximate surface area is 111 Å². The number of nitrogens with two attached hydrogens (primary N) is 1. The smallest absolute Gasteiger partial charge is 0.126 e. The summed E-state index contributed by atoms with van der Waals surface area (Å²) in [6, 6.07) is 3.41. The van der Waals surface area contributed by atoms with Crippen LogP contribution in [0.4, 0.5) is 8.78 Å². The summed E-state index contributed by atoms with van der Waals surface area (Å²) in [4.78, 5) is 0. The van der Waals surface area contributed by atoms with Crippen molar-refractivity contribution in [1.82, 2.24) is 5.43 Å². The zero-order chi connectivity index (χ0) is 13.8. The van der Waals surface area contributed by atoms with Gasteiger partial charge in [0.05, 0.1) is 0 Å². The van der Waals surface area contributed by atoms with Crippen molar-refractivity contribution < 1.29 is 8.78 Å². The monoisotopic (exact) mass is 274 g/mol. The highest BCUT2D eigenvalue weighted by Crippen LogP contribution is 2.24. The van der Waals surface area contributed by atoms with Gasteiger partial charge >= 0.3 is 0 Å². The van der Waals surface area contributed by atoms with Crippen molar-refractivity contribution in [3.63, 3.8) is 0 Å². The molecule has 0 saturated heterocycles. The first-order chi connectivity index (χ1) is 8.31. The van der Waals surface area contributed by atoms with Crippen LogP contribution < -0.4 is 11.3 Å². The van der Waals surface area contributed by atoms with Crippen LogP contribution in [0.2, 0.25) is 0 Å². The Morgan fingerprint density at radius 1 is 1.33 bits per heavy atom. The standard InChI is InChI=1S/C13H20F2N2S/c1-13(2,3)18-8-11(17-16)7-9-6-10(14)4-5-12(9)15/h4-6,11,17H,7-8,16H2,1-3H3. The normalized spacial score (nSPS) is 13.7. The number of thioether (sulfide) groups is 1. The van der Waals surface area contributed by atoms with E-state index < -0.39 is 11.6 Å². The van der Waals surface area contributed by atoms with Gasteiger partial charge in [-0.3, -0.25) is 11.3 Å². The van der Waals surface area contributed by atoms with Crippen LogP contribution in [-0.2, 0) is 6.42 Å². The molecule has 0 aliphatic heterocycles. The van der Waals surface area contributed by atoms with Crippen LogP contribution in [0.25, 0.3) is 0 Å². The molecule has 1 aromatic carbocycles. The predicted molar refractivity (Wildman–Crippen MR) is 73.4 cm³/mol. The van der Waals surface area contributed by atoms with E-state index in [9.17, 15) is 8.78 Å². The molecule has 5 heteroatoms. The quantitative estimate of drug-likeness (QED) is 0.640. The van der Waals surface area contributed by atoms with Gasteiger partial charge in [-0.2, -0.15) is 11.8 Å². The summed E-state index contributed by atoms with van der Waals surface area (Å²) in [5.74, 6) is 5.39. The summed E-state index contributed by atoms with van der Waals surface area (Å²) in [6.45, 7) is 6.32. The molecule has 0 saturated carbocycles. The Hall–Kier alpha value is -0.650. The molecule has 1 aromatic rings. The first kappa shape index (κ1) is 15.4. The van der Waals surface area contributed by atoms with E-state index in [-0.39, 0.29) is 10.8 Å². The Morgan fingerprint density at radius 2 is 2.00 bits per heavy atom.